The largest absolute Gasteiger partial charge is 0.463 e. The molecule has 0 aliphatic carbocycles. The van der Waals surface area contributed by atoms with Gasteiger partial charge in [-0.1, -0.05) is 12.1 Å². The summed E-state index contributed by atoms with van der Waals surface area (Å²) in [6.45, 7) is 3.46. The Morgan fingerprint density at radius 2 is 1.38 bits per heavy atom. The smallest absolute Gasteiger partial charge is 0.430 e. The van der Waals surface area contributed by atoms with Crippen molar-refractivity contribution >= 4 is 29.6 Å². The van der Waals surface area contributed by atoms with E-state index in [9.17, 15) is 50.6 Å². The lowest BCUT2D eigenvalue weighted by Crippen LogP contribution is -2.66. The Bertz CT molecular complexity index is 1210. The number of aliphatic hydroxyl groups is 1. The van der Waals surface area contributed by atoms with Crippen molar-refractivity contribution in [1.29, 1.82) is 0 Å². The molecule has 0 bridgehead atoms. The Balaban J connectivity index is 2.11. The number of hydrogen-bond donors (Lipinski definition) is 1. The van der Waals surface area contributed by atoms with Gasteiger partial charge in [0.15, 0.2) is 24.5 Å². The molecule has 1 aromatic carbocycles. The molecule has 0 saturated carbocycles. The fourth-order valence-corrected chi connectivity index (χ4v) is 4.86. The molecule has 0 spiro atoms. The number of anilines is 1. The third-order valence-corrected chi connectivity index (χ3v) is 6.52. The van der Waals surface area contributed by atoms with E-state index in [1.54, 1.807) is 0 Å². The highest BCUT2D eigenvalue weighted by molar-refractivity contribution is 5.69. The number of carbonyl (C=O) groups excluding carboxylic acids is 4. The second-order valence-electron chi connectivity index (χ2n) is 9.58. The first-order valence-electron chi connectivity index (χ1n) is 12.3. The molecule has 17 heteroatoms. The van der Waals surface area contributed by atoms with Crippen LogP contribution in [0.1, 0.15) is 38.8 Å². The van der Waals surface area contributed by atoms with E-state index in [1.165, 1.54) is 4.90 Å². The van der Waals surface area contributed by atoms with Gasteiger partial charge in [0.05, 0.1) is 0 Å². The number of carbonyl (C=O) groups is 4. The zero-order valence-electron chi connectivity index (χ0n) is 22.6. The predicted octanol–water partition coefficient (Wildman–Crippen LogP) is 2.44. The lowest BCUT2D eigenvalue weighted by Gasteiger charge is -2.47. The maximum absolute atomic E-state index is 13.5. The summed E-state index contributed by atoms with van der Waals surface area (Å²) in [6.07, 6.45) is -19.7. The van der Waals surface area contributed by atoms with E-state index in [0.29, 0.717) is 12.1 Å². The van der Waals surface area contributed by atoms with E-state index in [0.717, 1.165) is 33.8 Å². The van der Waals surface area contributed by atoms with Crippen molar-refractivity contribution in [2.24, 2.45) is 0 Å². The lowest BCUT2D eigenvalue weighted by atomic mass is 9.90. The average Bonchev–Trinajstić information content (AvgIpc) is 3.25. The Morgan fingerprint density at radius 1 is 0.857 bits per heavy atom. The molecule has 5 atom stereocenters. The van der Waals surface area contributed by atoms with Gasteiger partial charge >= 0.3 is 36.2 Å². The first kappa shape index (κ1) is 32.9. The van der Waals surface area contributed by atoms with E-state index in [1.807, 2.05) is 0 Å². The minimum atomic E-state index is -6.10. The zero-order chi connectivity index (χ0) is 31.8. The molecule has 1 saturated heterocycles. The normalized spacial score (nSPS) is 24.5. The summed E-state index contributed by atoms with van der Waals surface area (Å²) in [5.41, 5.74) is -6.63. The number of benzene rings is 1. The summed E-state index contributed by atoms with van der Waals surface area (Å²) in [5.74, 6) is -3.43. The van der Waals surface area contributed by atoms with Gasteiger partial charge in [0.1, 0.15) is 12.7 Å². The fraction of sp³-hybridized carbons (Fsp3) is 0.600. The van der Waals surface area contributed by atoms with Crippen LogP contribution in [0.3, 0.4) is 0 Å². The highest BCUT2D eigenvalue weighted by Crippen LogP contribution is 2.51. The van der Waals surface area contributed by atoms with Crippen molar-refractivity contribution in [2.75, 3.05) is 18.1 Å². The number of ether oxygens (including phenoxy) is 5. The van der Waals surface area contributed by atoms with Crippen molar-refractivity contribution in [3.05, 3.63) is 29.3 Å². The van der Waals surface area contributed by atoms with Gasteiger partial charge in [0, 0.05) is 45.5 Å². The molecule has 2 heterocycles. The molecule has 42 heavy (non-hydrogen) atoms. The minimum Gasteiger partial charge on any atom is -0.463 e. The highest BCUT2D eigenvalue weighted by Gasteiger charge is 2.71. The maximum atomic E-state index is 13.5. The van der Waals surface area contributed by atoms with Crippen molar-refractivity contribution in [3.63, 3.8) is 0 Å². The van der Waals surface area contributed by atoms with E-state index >= 15 is 0 Å². The minimum absolute atomic E-state index is 0.0475. The molecule has 2 aliphatic heterocycles. The fourth-order valence-electron chi connectivity index (χ4n) is 4.86. The van der Waals surface area contributed by atoms with Gasteiger partial charge in [-0.25, -0.2) is 0 Å². The summed E-state index contributed by atoms with van der Waals surface area (Å²) < 4.78 is 108. The molecule has 1 fully saturated rings. The molecule has 0 amide bonds. The molecular formula is C25H27F6NO10. The van der Waals surface area contributed by atoms with Crippen LogP contribution in [0.5, 0.6) is 0 Å². The van der Waals surface area contributed by atoms with Crippen molar-refractivity contribution in [1.82, 2.24) is 0 Å². The van der Waals surface area contributed by atoms with Crippen molar-refractivity contribution in [3.8, 4) is 0 Å². The van der Waals surface area contributed by atoms with Crippen LogP contribution in [0, 0.1) is 0 Å². The van der Waals surface area contributed by atoms with E-state index in [2.05, 4.69) is 0 Å². The average molecular weight is 615 g/mol. The van der Waals surface area contributed by atoms with Gasteiger partial charge in [-0.15, -0.1) is 0 Å². The van der Waals surface area contributed by atoms with Crippen molar-refractivity contribution < 1.29 is 74.3 Å². The number of hydrogen-bond acceptors (Lipinski definition) is 11. The topological polar surface area (TPSA) is 138 Å². The number of halogens is 6. The number of rotatable bonds is 7. The monoisotopic (exact) mass is 615 g/mol. The molecule has 5 unspecified atom stereocenters. The van der Waals surface area contributed by atoms with Crippen LogP contribution >= 0.6 is 0 Å². The molecule has 1 N–H and O–H groups in total. The summed E-state index contributed by atoms with van der Waals surface area (Å²) in [7, 11) is 0. The summed E-state index contributed by atoms with van der Waals surface area (Å²) in [5, 5.41) is 9.82. The van der Waals surface area contributed by atoms with Gasteiger partial charge < -0.3 is 33.7 Å². The Kier molecular flexibility index (Phi) is 9.36. The van der Waals surface area contributed by atoms with Crippen LogP contribution in [0.15, 0.2) is 18.2 Å². The number of nitrogens with zero attached hydrogens (tertiary/aromatic N) is 1. The number of fused-ring (bicyclic) bond motifs is 1. The summed E-state index contributed by atoms with van der Waals surface area (Å²) >= 11 is 0. The maximum Gasteiger partial charge on any atom is 0.430 e. The molecule has 11 nitrogen and oxygen atoms in total. The van der Waals surface area contributed by atoms with Crippen LogP contribution in [0.25, 0.3) is 0 Å². The van der Waals surface area contributed by atoms with Crippen LogP contribution in [0.2, 0.25) is 0 Å². The third kappa shape index (κ3) is 6.56. The highest BCUT2D eigenvalue weighted by atomic mass is 19.4. The molecule has 234 valence electrons. The lowest BCUT2D eigenvalue weighted by molar-refractivity contribution is -0.376. The van der Waals surface area contributed by atoms with Gasteiger partial charge in [-0.2, -0.15) is 26.3 Å². The first-order valence-corrected chi connectivity index (χ1v) is 12.3. The number of esters is 4. The van der Waals surface area contributed by atoms with Gasteiger partial charge in [0.25, 0.3) is 5.60 Å². The Labute approximate surface area is 234 Å². The summed E-state index contributed by atoms with van der Waals surface area (Å²) in [6, 6.07) is 1.90. The van der Waals surface area contributed by atoms with Gasteiger partial charge in [-0.05, 0) is 18.1 Å². The zero-order valence-corrected chi connectivity index (χ0v) is 22.6. The molecule has 1 aromatic rings. The molecular weight excluding hydrogens is 588 g/mol. The second kappa shape index (κ2) is 11.9. The Morgan fingerprint density at radius 3 is 1.88 bits per heavy atom. The Hall–Kier alpha value is -3.60. The third-order valence-electron chi connectivity index (χ3n) is 6.52. The van der Waals surface area contributed by atoms with E-state index in [4.69, 9.17) is 23.7 Å². The van der Waals surface area contributed by atoms with E-state index in [-0.39, 0.29) is 24.2 Å². The van der Waals surface area contributed by atoms with Gasteiger partial charge in [0.2, 0.25) is 0 Å². The molecule has 0 radical (unpaired) electrons. The second-order valence-corrected chi connectivity index (χ2v) is 9.58. The molecule has 0 aromatic heterocycles. The van der Waals surface area contributed by atoms with Gasteiger partial charge in [-0.3, -0.25) is 19.2 Å². The SMILES string of the molecule is CC(=O)OCC1OC(N2CCc3cc(C(O)(C(F)(F)F)C(F)(F)F)ccc32)C(OC(C)=O)C(OC(C)=O)C1OC(C)=O. The first-order chi connectivity index (χ1) is 19.3. The quantitative estimate of drug-likeness (QED) is 0.275. The van der Waals surface area contributed by atoms with E-state index < -0.39 is 84.6 Å². The standard InChI is InChI=1S/C25H27F6NO10/c1-11(33)38-10-18-19(39-12(2)34)20(40-13(3)35)21(41-14(4)36)22(42-18)32-8-7-15-9-16(5-6-17(15)32)23(37,24(26,27)28)25(29,30)31/h5-6,9,18-22,37H,7-8,10H2,1-4H3. The van der Waals surface area contributed by atoms with Crippen LogP contribution < -0.4 is 4.90 Å². The van der Waals surface area contributed by atoms with Crippen molar-refractivity contribution in [2.45, 2.75) is 82.7 Å². The summed E-state index contributed by atoms with van der Waals surface area (Å²) in [4.78, 5) is 48.8. The van der Waals surface area contributed by atoms with Crippen LogP contribution in [-0.2, 0) is 54.9 Å². The molecule has 2 aliphatic rings. The van der Waals surface area contributed by atoms with Crippen LogP contribution in [-0.4, -0.2) is 85.1 Å². The number of alkyl halides is 6. The predicted molar refractivity (Wildman–Crippen MR) is 125 cm³/mol. The van der Waals surface area contributed by atoms with Crippen LogP contribution in [0.4, 0.5) is 32.0 Å². The molecule has 3 rings (SSSR count).